The van der Waals surface area contributed by atoms with Crippen LogP contribution in [0.2, 0.25) is 0 Å². The van der Waals surface area contributed by atoms with Gasteiger partial charge < -0.3 is 9.47 Å². The Kier molecular flexibility index (Phi) is 4.64. The molecule has 3 heterocycles. The lowest BCUT2D eigenvalue weighted by molar-refractivity contribution is 0.0971. The third kappa shape index (κ3) is 3.22. The smallest absolute Gasteiger partial charge is 0.164 e. The van der Waals surface area contributed by atoms with Crippen LogP contribution in [0.25, 0.3) is 10.9 Å². The van der Waals surface area contributed by atoms with Crippen LogP contribution in [0.15, 0.2) is 36.5 Å². The lowest BCUT2D eigenvalue weighted by Crippen LogP contribution is -2.47. The van der Waals surface area contributed by atoms with E-state index in [9.17, 15) is 4.79 Å². The first-order valence-electron chi connectivity index (χ1n) is 10.4. The predicted molar refractivity (Wildman–Crippen MR) is 111 cm³/mol. The van der Waals surface area contributed by atoms with Gasteiger partial charge in [0, 0.05) is 62.0 Å². The molecule has 1 saturated heterocycles. The monoisotopic (exact) mass is 377 g/mol. The van der Waals surface area contributed by atoms with Crippen molar-refractivity contribution in [2.45, 2.75) is 32.2 Å². The van der Waals surface area contributed by atoms with Crippen LogP contribution in [-0.4, -0.2) is 58.2 Å². The SMILES string of the molecule is O=C1CCCc2c1ccn2CCCN1CCN(c2n[nH]c3ccccc23)CC1. The average Bonchev–Trinajstić information content (AvgIpc) is 3.34. The van der Waals surface area contributed by atoms with E-state index in [4.69, 9.17) is 0 Å². The first-order valence-corrected chi connectivity index (χ1v) is 10.4. The second-order valence-electron chi connectivity index (χ2n) is 7.92. The highest BCUT2D eigenvalue weighted by molar-refractivity contribution is 5.98. The molecule has 5 rings (SSSR count). The molecule has 6 heteroatoms. The van der Waals surface area contributed by atoms with Gasteiger partial charge in [-0.2, -0.15) is 5.10 Å². The molecule has 28 heavy (non-hydrogen) atoms. The summed E-state index contributed by atoms with van der Waals surface area (Å²) in [7, 11) is 0. The quantitative estimate of drug-likeness (QED) is 0.742. The van der Waals surface area contributed by atoms with Crippen LogP contribution in [0.5, 0.6) is 0 Å². The largest absolute Gasteiger partial charge is 0.352 e. The molecule has 146 valence electrons. The van der Waals surface area contributed by atoms with Gasteiger partial charge >= 0.3 is 0 Å². The summed E-state index contributed by atoms with van der Waals surface area (Å²) in [6, 6.07) is 10.4. The molecule has 0 unspecified atom stereocenters. The van der Waals surface area contributed by atoms with Crippen molar-refractivity contribution in [3.8, 4) is 0 Å². The van der Waals surface area contributed by atoms with Gasteiger partial charge in [0.05, 0.1) is 5.52 Å². The summed E-state index contributed by atoms with van der Waals surface area (Å²) in [5, 5.41) is 8.89. The van der Waals surface area contributed by atoms with Crippen molar-refractivity contribution in [3.05, 3.63) is 47.8 Å². The van der Waals surface area contributed by atoms with Crippen LogP contribution in [0, 0.1) is 0 Å². The van der Waals surface area contributed by atoms with Crippen molar-refractivity contribution in [2.75, 3.05) is 37.6 Å². The van der Waals surface area contributed by atoms with Crippen LogP contribution >= 0.6 is 0 Å². The summed E-state index contributed by atoms with van der Waals surface area (Å²) in [5.74, 6) is 1.40. The number of para-hydroxylation sites is 1. The molecule has 0 saturated carbocycles. The number of nitrogens with zero attached hydrogens (tertiary/aromatic N) is 4. The minimum atomic E-state index is 0.321. The number of aromatic amines is 1. The fourth-order valence-electron chi connectivity index (χ4n) is 4.64. The Morgan fingerprint density at radius 3 is 2.75 bits per heavy atom. The van der Waals surface area contributed by atoms with Crippen LogP contribution < -0.4 is 4.90 Å². The third-order valence-electron chi connectivity index (χ3n) is 6.19. The van der Waals surface area contributed by atoms with Crippen molar-refractivity contribution in [1.82, 2.24) is 19.7 Å². The zero-order valence-electron chi connectivity index (χ0n) is 16.2. The highest BCUT2D eigenvalue weighted by atomic mass is 16.1. The molecule has 6 nitrogen and oxygen atoms in total. The Balaban J connectivity index is 1.14. The number of anilines is 1. The van der Waals surface area contributed by atoms with Gasteiger partial charge in [-0.05, 0) is 44.0 Å². The zero-order chi connectivity index (χ0) is 18.9. The summed E-state index contributed by atoms with van der Waals surface area (Å²) in [5.41, 5.74) is 3.33. The van der Waals surface area contributed by atoms with Gasteiger partial charge in [-0.15, -0.1) is 0 Å². The summed E-state index contributed by atoms with van der Waals surface area (Å²) >= 11 is 0. The molecule has 0 atom stereocenters. The summed E-state index contributed by atoms with van der Waals surface area (Å²) < 4.78 is 2.30. The van der Waals surface area contributed by atoms with E-state index in [0.717, 1.165) is 75.4 Å². The summed E-state index contributed by atoms with van der Waals surface area (Å²) in [4.78, 5) is 16.9. The van der Waals surface area contributed by atoms with Gasteiger partial charge in [0.25, 0.3) is 0 Å². The van der Waals surface area contributed by atoms with E-state index >= 15 is 0 Å². The Labute approximate surface area is 165 Å². The topological polar surface area (TPSA) is 57.2 Å². The van der Waals surface area contributed by atoms with Crippen LogP contribution in [0.3, 0.4) is 0 Å². The molecule has 3 aromatic rings. The van der Waals surface area contributed by atoms with Crippen molar-refractivity contribution in [2.24, 2.45) is 0 Å². The number of rotatable bonds is 5. The van der Waals surface area contributed by atoms with Gasteiger partial charge in [-0.1, -0.05) is 12.1 Å². The van der Waals surface area contributed by atoms with Gasteiger partial charge in [0.2, 0.25) is 0 Å². The maximum atomic E-state index is 12.0. The second kappa shape index (κ2) is 7.43. The molecular formula is C22H27N5O. The van der Waals surface area contributed by atoms with E-state index in [1.165, 1.54) is 11.1 Å². The molecule has 1 aliphatic heterocycles. The minimum Gasteiger partial charge on any atom is -0.352 e. The van der Waals surface area contributed by atoms with Crippen LogP contribution in [0.4, 0.5) is 5.82 Å². The average molecular weight is 377 g/mol. The number of benzene rings is 1. The number of H-pyrrole nitrogens is 1. The first kappa shape index (κ1) is 17.5. The van der Waals surface area contributed by atoms with Crippen molar-refractivity contribution < 1.29 is 4.79 Å². The molecule has 0 bridgehead atoms. The summed E-state index contributed by atoms with van der Waals surface area (Å²) in [6.45, 7) is 6.29. The number of ketones is 1. The van der Waals surface area contributed by atoms with E-state index in [-0.39, 0.29) is 0 Å². The van der Waals surface area contributed by atoms with Crippen molar-refractivity contribution >= 4 is 22.5 Å². The van der Waals surface area contributed by atoms with Gasteiger partial charge in [-0.3, -0.25) is 14.8 Å². The fraction of sp³-hybridized carbons (Fsp3) is 0.455. The zero-order valence-corrected chi connectivity index (χ0v) is 16.2. The maximum absolute atomic E-state index is 12.0. The number of carbonyl (C=O) groups excluding carboxylic acids is 1. The number of carbonyl (C=O) groups is 1. The standard InChI is InChI=1S/C22H27N5O/c28-21-8-3-7-20-18(21)9-12-26(20)11-4-10-25-13-15-27(16-14-25)22-17-5-1-2-6-19(17)23-24-22/h1-2,5-6,9,12H,3-4,7-8,10-11,13-16H2,(H,23,24). The first-order chi connectivity index (χ1) is 13.8. The molecule has 0 radical (unpaired) electrons. The highest BCUT2D eigenvalue weighted by Gasteiger charge is 2.22. The van der Waals surface area contributed by atoms with E-state index in [1.54, 1.807) is 0 Å². The molecule has 0 spiro atoms. The highest BCUT2D eigenvalue weighted by Crippen LogP contribution is 2.25. The van der Waals surface area contributed by atoms with E-state index < -0.39 is 0 Å². The van der Waals surface area contributed by atoms with E-state index in [2.05, 4.69) is 49.0 Å². The molecule has 1 aliphatic carbocycles. The Morgan fingerprint density at radius 1 is 1.00 bits per heavy atom. The molecule has 1 N–H and O–H groups in total. The molecule has 2 aliphatic rings. The number of Topliss-reactive ketones (excluding diaryl/α,β-unsaturated/α-hetero) is 1. The number of aromatic nitrogens is 3. The van der Waals surface area contributed by atoms with Crippen molar-refractivity contribution in [1.29, 1.82) is 0 Å². The number of hydrogen-bond acceptors (Lipinski definition) is 4. The number of fused-ring (bicyclic) bond motifs is 2. The number of aryl methyl sites for hydroxylation is 1. The van der Waals surface area contributed by atoms with Gasteiger partial charge in [0.1, 0.15) is 0 Å². The molecular weight excluding hydrogens is 350 g/mol. The lowest BCUT2D eigenvalue weighted by atomic mass is 9.97. The normalized spacial score (nSPS) is 18.0. The minimum absolute atomic E-state index is 0.321. The molecule has 0 amide bonds. The maximum Gasteiger partial charge on any atom is 0.164 e. The van der Waals surface area contributed by atoms with Crippen molar-refractivity contribution in [3.63, 3.8) is 0 Å². The van der Waals surface area contributed by atoms with Crippen LogP contribution in [-0.2, 0) is 13.0 Å². The van der Waals surface area contributed by atoms with E-state index in [0.29, 0.717) is 12.2 Å². The number of piperazine rings is 1. The van der Waals surface area contributed by atoms with Crippen LogP contribution in [0.1, 0.15) is 35.3 Å². The summed E-state index contributed by atoms with van der Waals surface area (Å²) in [6.07, 6.45) is 5.99. The second-order valence-corrected chi connectivity index (χ2v) is 7.92. The fourth-order valence-corrected chi connectivity index (χ4v) is 4.64. The Morgan fingerprint density at radius 2 is 1.86 bits per heavy atom. The van der Waals surface area contributed by atoms with E-state index in [1.807, 2.05) is 12.1 Å². The Hall–Kier alpha value is -2.60. The predicted octanol–water partition coefficient (Wildman–Crippen LogP) is 3.10. The third-order valence-corrected chi connectivity index (χ3v) is 6.19. The molecule has 2 aromatic heterocycles. The number of hydrogen-bond donors (Lipinski definition) is 1. The van der Waals surface area contributed by atoms with Gasteiger partial charge in [-0.25, -0.2) is 0 Å². The molecule has 1 aromatic carbocycles. The van der Waals surface area contributed by atoms with Gasteiger partial charge in [0.15, 0.2) is 11.6 Å². The lowest BCUT2D eigenvalue weighted by Gasteiger charge is -2.35. The molecule has 1 fully saturated rings. The Bertz CT molecular complexity index is 980. The number of nitrogens with one attached hydrogen (secondary N) is 1.